The molecule has 2 heterocycles. The highest BCUT2D eigenvalue weighted by Crippen LogP contribution is 2.24. The fourth-order valence-electron chi connectivity index (χ4n) is 3.33. The molecule has 1 atom stereocenters. The first-order chi connectivity index (χ1) is 12.6. The monoisotopic (exact) mass is 357 g/mol. The van der Waals surface area contributed by atoms with Gasteiger partial charge in [-0.3, -0.25) is 9.48 Å². The number of rotatable bonds is 6. The van der Waals surface area contributed by atoms with Gasteiger partial charge in [0, 0.05) is 51.2 Å². The Labute approximate surface area is 154 Å². The van der Waals surface area contributed by atoms with E-state index in [1.165, 1.54) is 5.69 Å². The molecule has 0 aliphatic carbocycles. The van der Waals surface area contributed by atoms with Crippen LogP contribution < -0.4 is 10.2 Å². The van der Waals surface area contributed by atoms with E-state index < -0.39 is 6.04 Å². The largest absolute Gasteiger partial charge is 0.378 e. The Morgan fingerprint density at radius 3 is 2.73 bits per heavy atom. The minimum absolute atomic E-state index is 0.0253. The van der Waals surface area contributed by atoms with Crippen molar-refractivity contribution in [3.63, 3.8) is 0 Å². The van der Waals surface area contributed by atoms with Crippen molar-refractivity contribution in [3.8, 4) is 0 Å². The third-order valence-electron chi connectivity index (χ3n) is 4.72. The van der Waals surface area contributed by atoms with E-state index in [0.717, 1.165) is 37.4 Å². The van der Waals surface area contributed by atoms with Crippen LogP contribution in [0, 0.1) is 0 Å². The summed E-state index contributed by atoms with van der Waals surface area (Å²) in [6.45, 7) is 3.80. The van der Waals surface area contributed by atoms with Crippen LogP contribution in [0.3, 0.4) is 0 Å². The van der Waals surface area contributed by atoms with Crippen LogP contribution in [-0.2, 0) is 23.1 Å². The molecule has 1 fully saturated rings. The summed E-state index contributed by atoms with van der Waals surface area (Å²) in [7, 11) is 5.49. The number of aryl methyl sites for hydroxylation is 1. The second kappa shape index (κ2) is 8.33. The summed E-state index contributed by atoms with van der Waals surface area (Å²) >= 11 is 0. The molecule has 0 bridgehead atoms. The average Bonchev–Trinajstić information content (AvgIpc) is 3.09. The van der Waals surface area contributed by atoms with Crippen molar-refractivity contribution in [2.45, 2.75) is 12.6 Å². The zero-order chi connectivity index (χ0) is 18.5. The van der Waals surface area contributed by atoms with Gasteiger partial charge in [-0.15, -0.1) is 0 Å². The van der Waals surface area contributed by atoms with Crippen molar-refractivity contribution in [2.75, 3.05) is 45.3 Å². The van der Waals surface area contributed by atoms with E-state index in [0.29, 0.717) is 6.54 Å². The third-order valence-corrected chi connectivity index (χ3v) is 4.72. The van der Waals surface area contributed by atoms with Gasteiger partial charge in [0.2, 0.25) is 5.91 Å². The van der Waals surface area contributed by atoms with Crippen LogP contribution in [0.4, 0.5) is 5.69 Å². The number of ether oxygens (including phenoxy) is 1. The predicted molar refractivity (Wildman–Crippen MR) is 101 cm³/mol. The molecule has 1 N–H and O–H groups in total. The standard InChI is InChI=1S/C19H27N5O2/c1-20-18(16-12-21-23(3)14-16)19(25)22(2)13-15-6-4-5-7-17(15)24-8-10-26-11-9-24/h4-7,12,14,18,20H,8-11,13H2,1-3H3. The quantitative estimate of drug-likeness (QED) is 0.841. The molecule has 1 aliphatic rings. The van der Waals surface area contributed by atoms with Crippen molar-refractivity contribution in [3.05, 3.63) is 47.8 Å². The number of nitrogens with one attached hydrogen (secondary N) is 1. The van der Waals surface area contributed by atoms with Gasteiger partial charge in [0.1, 0.15) is 6.04 Å². The minimum atomic E-state index is -0.399. The maximum absolute atomic E-state index is 13.0. The fourth-order valence-corrected chi connectivity index (χ4v) is 3.33. The Bertz CT molecular complexity index is 739. The van der Waals surface area contributed by atoms with Crippen LogP contribution in [0.2, 0.25) is 0 Å². The first-order valence-electron chi connectivity index (χ1n) is 8.91. The zero-order valence-corrected chi connectivity index (χ0v) is 15.7. The third kappa shape index (κ3) is 4.05. The number of aromatic nitrogens is 2. The van der Waals surface area contributed by atoms with E-state index in [1.807, 2.05) is 32.4 Å². The van der Waals surface area contributed by atoms with Crippen LogP contribution >= 0.6 is 0 Å². The molecule has 2 aromatic rings. The molecule has 1 unspecified atom stereocenters. The van der Waals surface area contributed by atoms with Gasteiger partial charge in [-0.2, -0.15) is 5.10 Å². The number of hydrogen-bond donors (Lipinski definition) is 1. The van der Waals surface area contributed by atoms with Crippen LogP contribution in [-0.4, -0.2) is 61.0 Å². The van der Waals surface area contributed by atoms with Crippen LogP contribution in [0.5, 0.6) is 0 Å². The molecule has 0 saturated carbocycles. The van der Waals surface area contributed by atoms with Crippen molar-refractivity contribution in [1.29, 1.82) is 0 Å². The number of amides is 1. The van der Waals surface area contributed by atoms with Crippen LogP contribution in [0.25, 0.3) is 0 Å². The lowest BCUT2D eigenvalue weighted by atomic mass is 10.1. The fraction of sp³-hybridized carbons (Fsp3) is 0.474. The van der Waals surface area contributed by atoms with Gasteiger partial charge in [0.15, 0.2) is 0 Å². The van der Waals surface area contributed by atoms with E-state index in [4.69, 9.17) is 4.74 Å². The Morgan fingerprint density at radius 1 is 1.35 bits per heavy atom. The van der Waals surface area contributed by atoms with E-state index in [1.54, 1.807) is 22.8 Å². The molecule has 1 saturated heterocycles. The van der Waals surface area contributed by atoms with Gasteiger partial charge >= 0.3 is 0 Å². The van der Waals surface area contributed by atoms with Gasteiger partial charge < -0.3 is 19.9 Å². The highest BCUT2D eigenvalue weighted by molar-refractivity contribution is 5.83. The molecule has 1 aromatic carbocycles. The summed E-state index contributed by atoms with van der Waals surface area (Å²) in [6, 6.07) is 7.88. The maximum atomic E-state index is 13.0. The van der Waals surface area contributed by atoms with Gasteiger partial charge in [0.05, 0.1) is 19.4 Å². The normalized spacial score (nSPS) is 15.7. The number of hydrogen-bond acceptors (Lipinski definition) is 5. The Kier molecular flexibility index (Phi) is 5.90. The number of nitrogens with zero attached hydrogens (tertiary/aromatic N) is 4. The molecule has 0 spiro atoms. The summed E-state index contributed by atoms with van der Waals surface area (Å²) in [5.74, 6) is 0.0253. The van der Waals surface area contributed by atoms with Gasteiger partial charge in [-0.05, 0) is 18.7 Å². The highest BCUT2D eigenvalue weighted by atomic mass is 16.5. The van der Waals surface area contributed by atoms with E-state index in [-0.39, 0.29) is 5.91 Å². The number of para-hydroxylation sites is 1. The second-order valence-electron chi connectivity index (χ2n) is 6.59. The molecule has 26 heavy (non-hydrogen) atoms. The molecule has 7 nitrogen and oxygen atoms in total. The molecule has 0 radical (unpaired) electrons. The lowest BCUT2D eigenvalue weighted by Gasteiger charge is -2.32. The molecule has 3 rings (SSSR count). The van der Waals surface area contributed by atoms with E-state index in [2.05, 4.69) is 27.4 Å². The van der Waals surface area contributed by atoms with Crippen molar-refractivity contribution >= 4 is 11.6 Å². The smallest absolute Gasteiger partial charge is 0.244 e. The van der Waals surface area contributed by atoms with Crippen LogP contribution in [0.15, 0.2) is 36.7 Å². The Hall–Kier alpha value is -2.38. The number of anilines is 1. The molecular weight excluding hydrogens is 330 g/mol. The first-order valence-corrected chi connectivity index (χ1v) is 8.91. The number of benzene rings is 1. The molecular formula is C19H27N5O2. The molecule has 1 aromatic heterocycles. The number of carbonyl (C=O) groups is 1. The number of morpholine rings is 1. The van der Waals surface area contributed by atoms with E-state index in [9.17, 15) is 4.79 Å². The lowest BCUT2D eigenvalue weighted by molar-refractivity contribution is -0.132. The van der Waals surface area contributed by atoms with E-state index >= 15 is 0 Å². The summed E-state index contributed by atoms with van der Waals surface area (Å²) in [5, 5.41) is 7.28. The van der Waals surface area contributed by atoms with Crippen molar-refractivity contribution in [2.24, 2.45) is 7.05 Å². The highest BCUT2D eigenvalue weighted by Gasteiger charge is 2.24. The number of carbonyl (C=O) groups excluding carboxylic acids is 1. The minimum Gasteiger partial charge on any atom is -0.378 e. The lowest BCUT2D eigenvalue weighted by Crippen LogP contribution is -2.39. The second-order valence-corrected chi connectivity index (χ2v) is 6.59. The summed E-state index contributed by atoms with van der Waals surface area (Å²) in [6.07, 6.45) is 3.60. The van der Waals surface area contributed by atoms with Crippen molar-refractivity contribution in [1.82, 2.24) is 20.0 Å². The average molecular weight is 357 g/mol. The maximum Gasteiger partial charge on any atom is 0.244 e. The molecule has 7 heteroatoms. The number of likely N-dealkylation sites (N-methyl/N-ethyl adjacent to an activating group) is 2. The predicted octanol–water partition coefficient (Wildman–Crippen LogP) is 1.18. The molecule has 1 aliphatic heterocycles. The summed E-state index contributed by atoms with van der Waals surface area (Å²) in [4.78, 5) is 17.1. The van der Waals surface area contributed by atoms with Gasteiger partial charge in [-0.25, -0.2) is 0 Å². The zero-order valence-electron chi connectivity index (χ0n) is 15.7. The van der Waals surface area contributed by atoms with Gasteiger partial charge in [0.25, 0.3) is 0 Å². The Balaban J connectivity index is 1.74. The summed E-state index contributed by atoms with van der Waals surface area (Å²) in [5.41, 5.74) is 3.19. The summed E-state index contributed by atoms with van der Waals surface area (Å²) < 4.78 is 7.16. The SMILES string of the molecule is CNC(C(=O)N(C)Cc1ccccc1N1CCOCC1)c1cnn(C)c1. The molecule has 140 valence electrons. The van der Waals surface area contributed by atoms with Crippen molar-refractivity contribution < 1.29 is 9.53 Å². The molecule has 1 amide bonds. The Morgan fingerprint density at radius 2 is 2.08 bits per heavy atom. The van der Waals surface area contributed by atoms with Gasteiger partial charge in [-0.1, -0.05) is 18.2 Å². The first kappa shape index (κ1) is 18.4. The van der Waals surface area contributed by atoms with Crippen LogP contribution in [0.1, 0.15) is 17.2 Å². The topological polar surface area (TPSA) is 62.6 Å².